The van der Waals surface area contributed by atoms with Crippen molar-refractivity contribution < 1.29 is 38.4 Å². The van der Waals surface area contributed by atoms with E-state index in [4.69, 9.17) is 0 Å². The SMILES string of the molecule is CCCCCCCCCCCCCCCC(=O)NCCC(=O)N(C)CC(=O)C[C@@H](CCCCNC(=O)CSCCCC(=O)C(C)C)C(=O)N(C)CC(=O)C[C@@H](C)C(=O)NCCCC(C)C. The van der Waals surface area contributed by atoms with E-state index < -0.39 is 11.8 Å². The van der Waals surface area contributed by atoms with Crippen molar-refractivity contribution in [2.45, 2.75) is 196 Å². The lowest BCUT2D eigenvalue weighted by Crippen LogP contribution is -2.40. The third-order valence-electron chi connectivity index (χ3n) is 11.8. The van der Waals surface area contributed by atoms with Crippen LogP contribution in [0.2, 0.25) is 0 Å². The van der Waals surface area contributed by atoms with E-state index in [1.165, 1.54) is 99.9 Å². The van der Waals surface area contributed by atoms with Crippen LogP contribution in [-0.4, -0.2) is 115 Å². The topological polar surface area (TPSA) is 179 Å². The predicted octanol–water partition coefficient (Wildman–Crippen LogP) is 8.64. The summed E-state index contributed by atoms with van der Waals surface area (Å²) in [5.41, 5.74) is 0. The molecule has 0 aliphatic heterocycles. The molecule has 0 unspecified atom stereocenters. The average Bonchev–Trinajstić information content (AvgIpc) is 3.25. The Morgan fingerprint density at radius 2 is 1.08 bits per heavy atom. The van der Waals surface area contributed by atoms with Gasteiger partial charge < -0.3 is 25.8 Å². The summed E-state index contributed by atoms with van der Waals surface area (Å²) in [5, 5.41) is 8.61. The highest BCUT2D eigenvalue weighted by molar-refractivity contribution is 7.99. The molecule has 13 nitrogen and oxygen atoms in total. The first-order valence-corrected chi connectivity index (χ1v) is 26.6. The summed E-state index contributed by atoms with van der Waals surface area (Å²) < 4.78 is 0. The van der Waals surface area contributed by atoms with Crippen molar-refractivity contribution in [3.8, 4) is 0 Å². The van der Waals surface area contributed by atoms with E-state index in [0.717, 1.165) is 44.3 Å². The molecule has 0 aliphatic carbocycles. The molecule has 0 aromatic carbocycles. The van der Waals surface area contributed by atoms with Crippen molar-refractivity contribution in [3.63, 3.8) is 0 Å². The third-order valence-corrected chi connectivity index (χ3v) is 12.8. The number of likely N-dealkylation sites (N-methyl/N-ethyl adjacent to an activating group) is 2. The third kappa shape index (κ3) is 35.6. The summed E-state index contributed by atoms with van der Waals surface area (Å²) in [6.45, 7) is 12.7. The monoisotopic (exact) mass is 936 g/mol. The molecule has 14 heteroatoms. The molecule has 0 saturated carbocycles. The number of carbonyl (C=O) groups excluding carboxylic acids is 8. The van der Waals surface area contributed by atoms with Crippen LogP contribution >= 0.6 is 11.8 Å². The lowest BCUT2D eigenvalue weighted by molar-refractivity contribution is -0.140. The lowest BCUT2D eigenvalue weighted by atomic mass is 9.94. The molecule has 0 rings (SSSR count). The molecule has 0 aromatic rings. The van der Waals surface area contributed by atoms with Crippen LogP contribution in [0.15, 0.2) is 0 Å². The molecule has 3 N–H and O–H groups in total. The van der Waals surface area contributed by atoms with Crippen LogP contribution in [0, 0.1) is 23.7 Å². The number of thioether (sulfide) groups is 1. The number of hydrogen-bond donors (Lipinski definition) is 3. The summed E-state index contributed by atoms with van der Waals surface area (Å²) in [4.78, 5) is 105. The highest BCUT2D eigenvalue weighted by Gasteiger charge is 2.28. The van der Waals surface area contributed by atoms with Gasteiger partial charge in [0.1, 0.15) is 5.78 Å². The molecule has 5 amide bonds. The molecule has 0 aromatic heterocycles. The van der Waals surface area contributed by atoms with Crippen LogP contribution in [-0.2, 0) is 38.4 Å². The second kappa shape index (κ2) is 39.8. The summed E-state index contributed by atoms with van der Waals surface area (Å²) in [5.74, 6) is -1.09. The van der Waals surface area contributed by atoms with Crippen molar-refractivity contribution >= 4 is 58.6 Å². The summed E-state index contributed by atoms with van der Waals surface area (Å²) >= 11 is 1.48. The zero-order valence-electron chi connectivity index (χ0n) is 42.3. The highest BCUT2D eigenvalue weighted by atomic mass is 32.2. The van der Waals surface area contributed by atoms with Crippen molar-refractivity contribution in [1.29, 1.82) is 0 Å². The molecule has 0 radical (unpaired) electrons. The Labute approximate surface area is 399 Å². The van der Waals surface area contributed by atoms with Crippen molar-refractivity contribution in [1.82, 2.24) is 25.8 Å². The fraction of sp³-hybridized carbons (Fsp3) is 0.843. The van der Waals surface area contributed by atoms with Crippen molar-refractivity contribution in [2.24, 2.45) is 23.7 Å². The summed E-state index contributed by atoms with van der Waals surface area (Å²) in [7, 11) is 3.05. The number of nitrogens with zero attached hydrogens (tertiary/aromatic N) is 2. The van der Waals surface area contributed by atoms with E-state index in [0.29, 0.717) is 56.9 Å². The average molecular weight is 936 g/mol. The Morgan fingerprint density at radius 1 is 0.523 bits per heavy atom. The van der Waals surface area contributed by atoms with E-state index >= 15 is 0 Å². The molecule has 376 valence electrons. The van der Waals surface area contributed by atoms with Gasteiger partial charge in [-0.25, -0.2) is 0 Å². The van der Waals surface area contributed by atoms with E-state index in [9.17, 15) is 38.4 Å². The van der Waals surface area contributed by atoms with Crippen LogP contribution in [0.5, 0.6) is 0 Å². The van der Waals surface area contributed by atoms with Crippen LogP contribution < -0.4 is 16.0 Å². The van der Waals surface area contributed by atoms with Gasteiger partial charge >= 0.3 is 0 Å². The Balaban J connectivity index is 4.94. The highest BCUT2D eigenvalue weighted by Crippen LogP contribution is 2.18. The van der Waals surface area contributed by atoms with Gasteiger partial charge in [-0.3, -0.25) is 38.4 Å². The second-order valence-corrected chi connectivity index (χ2v) is 20.2. The van der Waals surface area contributed by atoms with E-state index in [2.05, 4.69) is 36.7 Å². The zero-order valence-corrected chi connectivity index (χ0v) is 43.1. The van der Waals surface area contributed by atoms with Crippen LogP contribution in [0.4, 0.5) is 0 Å². The molecule has 0 aliphatic rings. The molecule has 0 spiro atoms. The fourth-order valence-electron chi connectivity index (χ4n) is 7.54. The van der Waals surface area contributed by atoms with Gasteiger partial charge in [0.15, 0.2) is 11.6 Å². The van der Waals surface area contributed by atoms with Gasteiger partial charge in [-0.15, -0.1) is 0 Å². The quantitative estimate of drug-likeness (QED) is 0.0505. The normalized spacial score (nSPS) is 12.2. The fourth-order valence-corrected chi connectivity index (χ4v) is 8.32. The minimum absolute atomic E-state index is 0.0158. The predicted molar refractivity (Wildman–Crippen MR) is 265 cm³/mol. The van der Waals surface area contributed by atoms with Crippen LogP contribution in [0.25, 0.3) is 0 Å². The van der Waals surface area contributed by atoms with Gasteiger partial charge in [-0.1, -0.05) is 125 Å². The molecule has 0 bridgehead atoms. The number of ketones is 3. The molecule has 0 heterocycles. The Morgan fingerprint density at radius 3 is 1.68 bits per heavy atom. The number of nitrogens with one attached hydrogen (secondary N) is 3. The van der Waals surface area contributed by atoms with E-state index in [1.807, 2.05) is 13.8 Å². The maximum Gasteiger partial charge on any atom is 0.229 e. The van der Waals surface area contributed by atoms with E-state index in [1.54, 1.807) is 6.92 Å². The van der Waals surface area contributed by atoms with E-state index in [-0.39, 0.29) is 91.7 Å². The first kappa shape index (κ1) is 61.7. The second-order valence-electron chi connectivity index (χ2n) is 19.1. The Hall–Kier alpha value is -3.29. The molecule has 0 saturated heterocycles. The first-order valence-electron chi connectivity index (χ1n) is 25.4. The first-order chi connectivity index (χ1) is 31.0. The molecule has 0 fully saturated rings. The lowest BCUT2D eigenvalue weighted by Gasteiger charge is -2.24. The smallest absolute Gasteiger partial charge is 0.229 e. The molecule has 2 atom stereocenters. The van der Waals surface area contributed by atoms with Gasteiger partial charge in [-0.05, 0) is 50.2 Å². The van der Waals surface area contributed by atoms with Gasteiger partial charge in [0.2, 0.25) is 29.5 Å². The van der Waals surface area contributed by atoms with Gasteiger partial charge in [0.25, 0.3) is 0 Å². The van der Waals surface area contributed by atoms with Crippen molar-refractivity contribution in [2.75, 3.05) is 58.3 Å². The molecule has 65 heavy (non-hydrogen) atoms. The summed E-state index contributed by atoms with van der Waals surface area (Å²) in [6.07, 6.45) is 21.0. The van der Waals surface area contributed by atoms with Crippen LogP contribution in [0.3, 0.4) is 0 Å². The van der Waals surface area contributed by atoms with Gasteiger partial charge in [0.05, 0.1) is 18.8 Å². The maximum absolute atomic E-state index is 13.7. The van der Waals surface area contributed by atoms with Crippen LogP contribution in [0.1, 0.15) is 196 Å². The number of Topliss-reactive ketones (excluding diaryl/α,β-unsaturated/α-hetero) is 3. The molecular weight excluding hydrogens is 843 g/mol. The standard InChI is InChI=1S/C51H93N5O8S/c1-9-10-11-12-13-14-15-16-17-18-19-20-21-29-47(60)53-33-30-49(62)55(7)37-45(58)36-43(27-22-23-31-52-48(61)39-65-34-25-28-46(59)41(4)5)51(64)56(8)38-44(57)35-42(6)50(63)54-32-24-26-40(2)3/h40-43H,9-39H2,1-8H3,(H,52,61)(H,53,60)(H,54,63)/t42-,43-/m1/s1. The summed E-state index contributed by atoms with van der Waals surface area (Å²) in [6, 6.07) is 0. The number of unbranched alkanes of at least 4 members (excludes halogenated alkanes) is 13. The Bertz CT molecular complexity index is 1380. The van der Waals surface area contributed by atoms with Crippen molar-refractivity contribution in [3.05, 3.63) is 0 Å². The van der Waals surface area contributed by atoms with Gasteiger partial charge in [0, 0.05) is 83.6 Å². The molecular formula is C51H93N5O8S. The maximum atomic E-state index is 13.7. The number of hydrogen-bond acceptors (Lipinski definition) is 9. The number of amides is 5. The minimum atomic E-state index is -0.741. The number of rotatable bonds is 43. The number of carbonyl (C=O) groups is 8. The Kier molecular flexibility index (Phi) is 37.8. The largest absolute Gasteiger partial charge is 0.356 e. The minimum Gasteiger partial charge on any atom is -0.356 e. The zero-order chi connectivity index (χ0) is 48.8. The van der Waals surface area contributed by atoms with Gasteiger partial charge in [-0.2, -0.15) is 11.8 Å².